The van der Waals surface area contributed by atoms with Gasteiger partial charge in [0.05, 0.1) is 0 Å². The molecule has 1 aliphatic heterocycles. The molecule has 2 aromatic heterocycles. The Labute approximate surface area is 176 Å². The van der Waals surface area contributed by atoms with Gasteiger partial charge in [-0.3, -0.25) is 19.7 Å². The number of aryl methyl sites for hydroxylation is 1. The van der Waals surface area contributed by atoms with Gasteiger partial charge in [-0.25, -0.2) is 18.2 Å². The Morgan fingerprint density at radius 2 is 1.90 bits per heavy atom. The Morgan fingerprint density at radius 1 is 1.13 bits per heavy atom. The fourth-order valence-electron chi connectivity index (χ4n) is 3.71. The van der Waals surface area contributed by atoms with Crippen molar-refractivity contribution in [3.05, 3.63) is 82.9 Å². The van der Waals surface area contributed by atoms with Gasteiger partial charge in [0.1, 0.15) is 6.67 Å². The molecule has 0 radical (unpaired) electrons. The molecule has 1 atom stereocenters. The van der Waals surface area contributed by atoms with Crippen LogP contribution in [0.3, 0.4) is 0 Å². The third-order valence-corrected chi connectivity index (χ3v) is 5.35. The first-order valence-electron chi connectivity index (χ1n) is 9.35. The first-order chi connectivity index (χ1) is 14.8. The number of guanidine groups is 1. The minimum absolute atomic E-state index is 0.0414. The molecule has 0 saturated heterocycles. The van der Waals surface area contributed by atoms with Crippen LogP contribution in [0.1, 0.15) is 22.4 Å². The number of nitrogens with zero attached hydrogens (tertiary/aromatic N) is 4. The molecular weight excluding hydrogens is 407 g/mol. The number of nitrogens with two attached hydrogens (primary N) is 1. The zero-order chi connectivity index (χ0) is 22.3. The maximum absolute atomic E-state index is 14.8. The van der Waals surface area contributed by atoms with Crippen LogP contribution in [0, 0.1) is 18.6 Å². The summed E-state index contributed by atoms with van der Waals surface area (Å²) in [6.07, 6.45) is 4.18. The first-order valence-corrected chi connectivity index (χ1v) is 9.35. The molecule has 158 valence electrons. The maximum Gasteiger partial charge on any atom is 0.266 e. The quantitative estimate of drug-likeness (QED) is 0.696. The lowest BCUT2D eigenvalue weighted by atomic mass is 9.81. The molecule has 6 nitrogen and oxygen atoms in total. The molecule has 4 rings (SSSR count). The predicted octanol–water partition coefficient (Wildman–Crippen LogP) is 3.23. The molecule has 0 aliphatic carbocycles. The first kappa shape index (κ1) is 20.5. The van der Waals surface area contributed by atoms with Crippen molar-refractivity contribution in [1.82, 2.24) is 14.9 Å². The number of rotatable bonds is 4. The summed E-state index contributed by atoms with van der Waals surface area (Å²) in [6, 6.07) is 6.86. The predicted molar refractivity (Wildman–Crippen MR) is 109 cm³/mol. The normalized spacial score (nSPS) is 18.4. The standard InChI is InChI=1S/C22H18F3N5O/c1-12-16(4-3-5-28-12)17-7-14(8-18(24)19(17)25)22(20(31)30(2)21(26)29-22)15-6-13(9-23)10-27-11-15/h3-8,10-11H,9H2,1-2H3,(H2,26,29). The van der Waals surface area contributed by atoms with Gasteiger partial charge in [-0.1, -0.05) is 6.07 Å². The Kier molecular flexibility index (Phi) is 4.96. The van der Waals surface area contributed by atoms with Crippen LogP contribution in [0.5, 0.6) is 0 Å². The van der Waals surface area contributed by atoms with Crippen molar-refractivity contribution in [3.63, 3.8) is 0 Å². The minimum atomic E-state index is -1.84. The van der Waals surface area contributed by atoms with Crippen LogP contribution in [0.2, 0.25) is 0 Å². The number of amides is 1. The summed E-state index contributed by atoms with van der Waals surface area (Å²) < 4.78 is 42.9. The van der Waals surface area contributed by atoms with Crippen molar-refractivity contribution in [2.45, 2.75) is 19.1 Å². The van der Waals surface area contributed by atoms with E-state index in [1.54, 1.807) is 19.1 Å². The third kappa shape index (κ3) is 3.13. The van der Waals surface area contributed by atoms with Gasteiger partial charge in [0, 0.05) is 53.6 Å². The number of alkyl halides is 1. The summed E-state index contributed by atoms with van der Waals surface area (Å²) in [5, 5.41) is 0. The van der Waals surface area contributed by atoms with Gasteiger partial charge in [0.2, 0.25) is 0 Å². The lowest BCUT2D eigenvalue weighted by Gasteiger charge is -2.27. The van der Waals surface area contributed by atoms with Crippen LogP contribution < -0.4 is 5.73 Å². The van der Waals surface area contributed by atoms with E-state index in [1.807, 2.05) is 0 Å². The molecule has 0 spiro atoms. The van der Waals surface area contributed by atoms with E-state index in [4.69, 9.17) is 5.73 Å². The Hall–Kier alpha value is -3.75. The summed E-state index contributed by atoms with van der Waals surface area (Å²) in [4.78, 5) is 26.9. The van der Waals surface area contributed by atoms with E-state index >= 15 is 0 Å². The SMILES string of the molecule is Cc1ncccc1-c1cc(C2(c3cncc(CF)c3)N=C(N)N(C)C2=O)cc(F)c1F. The van der Waals surface area contributed by atoms with E-state index in [0.717, 1.165) is 11.0 Å². The number of carbonyl (C=O) groups excluding carboxylic acids is 1. The molecule has 3 heterocycles. The van der Waals surface area contributed by atoms with E-state index < -0.39 is 29.8 Å². The van der Waals surface area contributed by atoms with Crippen LogP contribution in [-0.2, 0) is 17.0 Å². The largest absolute Gasteiger partial charge is 0.369 e. The second-order valence-corrected chi connectivity index (χ2v) is 7.22. The molecule has 1 aliphatic rings. The number of pyridine rings is 2. The van der Waals surface area contributed by atoms with Crippen molar-refractivity contribution >= 4 is 11.9 Å². The molecule has 1 aromatic carbocycles. The molecule has 1 amide bonds. The number of hydrogen-bond acceptors (Lipinski definition) is 5. The number of carbonyl (C=O) groups is 1. The lowest BCUT2D eigenvalue weighted by molar-refractivity contribution is -0.129. The molecular formula is C22H18F3N5O. The molecule has 2 N–H and O–H groups in total. The van der Waals surface area contributed by atoms with E-state index in [-0.39, 0.29) is 28.2 Å². The summed E-state index contributed by atoms with van der Waals surface area (Å²) in [5.41, 5.74) is 5.28. The smallest absolute Gasteiger partial charge is 0.266 e. The van der Waals surface area contributed by atoms with Crippen LogP contribution in [0.15, 0.2) is 53.9 Å². The maximum atomic E-state index is 14.8. The van der Waals surface area contributed by atoms with Crippen molar-refractivity contribution in [2.75, 3.05) is 7.05 Å². The van der Waals surface area contributed by atoms with Crippen LogP contribution >= 0.6 is 0 Å². The number of halogens is 3. The third-order valence-electron chi connectivity index (χ3n) is 5.35. The van der Waals surface area contributed by atoms with Crippen LogP contribution in [-0.4, -0.2) is 33.8 Å². The van der Waals surface area contributed by atoms with Gasteiger partial charge >= 0.3 is 0 Å². The zero-order valence-electron chi connectivity index (χ0n) is 16.7. The summed E-state index contributed by atoms with van der Waals surface area (Å²) in [6.45, 7) is 0.840. The van der Waals surface area contributed by atoms with Gasteiger partial charge in [-0.05, 0) is 36.8 Å². The summed E-state index contributed by atoms with van der Waals surface area (Å²) in [7, 11) is 1.42. The minimum Gasteiger partial charge on any atom is -0.369 e. The van der Waals surface area contributed by atoms with Crippen molar-refractivity contribution < 1.29 is 18.0 Å². The summed E-state index contributed by atoms with van der Waals surface area (Å²) in [5.74, 6) is -2.95. The van der Waals surface area contributed by atoms with Gasteiger partial charge in [-0.15, -0.1) is 0 Å². The second-order valence-electron chi connectivity index (χ2n) is 7.22. The molecule has 3 aromatic rings. The molecule has 1 unspecified atom stereocenters. The number of aromatic nitrogens is 2. The number of hydrogen-bond donors (Lipinski definition) is 1. The van der Waals surface area contributed by atoms with Gasteiger partial charge < -0.3 is 5.73 Å². The highest BCUT2D eigenvalue weighted by Gasteiger charge is 2.50. The Balaban J connectivity index is 2.04. The molecule has 0 bridgehead atoms. The molecule has 9 heteroatoms. The molecule has 31 heavy (non-hydrogen) atoms. The monoisotopic (exact) mass is 425 g/mol. The zero-order valence-corrected chi connectivity index (χ0v) is 16.7. The van der Waals surface area contributed by atoms with E-state index in [9.17, 15) is 18.0 Å². The van der Waals surface area contributed by atoms with E-state index in [0.29, 0.717) is 11.3 Å². The highest BCUT2D eigenvalue weighted by Crippen LogP contribution is 2.42. The summed E-state index contributed by atoms with van der Waals surface area (Å²) >= 11 is 0. The van der Waals surface area contributed by atoms with Crippen molar-refractivity contribution in [3.8, 4) is 11.1 Å². The number of aliphatic imine (C=N–C) groups is 1. The van der Waals surface area contributed by atoms with E-state index in [2.05, 4.69) is 15.0 Å². The highest BCUT2D eigenvalue weighted by atomic mass is 19.2. The van der Waals surface area contributed by atoms with Crippen LogP contribution in [0.25, 0.3) is 11.1 Å². The molecule has 0 fully saturated rings. The Morgan fingerprint density at radius 3 is 2.55 bits per heavy atom. The molecule has 0 saturated carbocycles. The fraction of sp³-hybridized carbons (Fsp3) is 0.182. The number of likely N-dealkylation sites (N-methyl/N-ethyl adjacent to an activating group) is 1. The Bertz CT molecular complexity index is 1230. The highest BCUT2D eigenvalue weighted by molar-refractivity contribution is 6.09. The van der Waals surface area contributed by atoms with Gasteiger partial charge in [0.25, 0.3) is 5.91 Å². The second kappa shape index (κ2) is 7.50. The average molecular weight is 425 g/mol. The lowest BCUT2D eigenvalue weighted by Crippen LogP contribution is -2.41. The average Bonchev–Trinajstić information content (AvgIpc) is 3.01. The van der Waals surface area contributed by atoms with Crippen LogP contribution in [0.4, 0.5) is 13.2 Å². The fourth-order valence-corrected chi connectivity index (χ4v) is 3.71. The van der Waals surface area contributed by atoms with Crippen molar-refractivity contribution in [2.24, 2.45) is 10.7 Å². The van der Waals surface area contributed by atoms with Gasteiger partial charge in [0.15, 0.2) is 23.1 Å². The van der Waals surface area contributed by atoms with Gasteiger partial charge in [-0.2, -0.15) is 0 Å². The van der Waals surface area contributed by atoms with Crippen molar-refractivity contribution in [1.29, 1.82) is 0 Å². The topological polar surface area (TPSA) is 84.5 Å². The number of benzene rings is 1. The van der Waals surface area contributed by atoms with E-state index in [1.165, 1.54) is 37.8 Å².